The first-order chi connectivity index (χ1) is 21.3. The van der Waals surface area contributed by atoms with E-state index in [4.69, 9.17) is 30.4 Å². The Balaban J connectivity index is 0.000000742. The molecular formula is C35H49N3O6. The van der Waals surface area contributed by atoms with E-state index >= 15 is 0 Å². The topological polar surface area (TPSA) is 144 Å². The van der Waals surface area contributed by atoms with E-state index < -0.39 is 11.9 Å². The van der Waals surface area contributed by atoms with Crippen molar-refractivity contribution in [2.24, 2.45) is 5.73 Å². The number of aromatic nitrogens is 1. The van der Waals surface area contributed by atoms with Gasteiger partial charge >= 0.3 is 11.9 Å². The van der Waals surface area contributed by atoms with Crippen LogP contribution in [-0.2, 0) is 16.0 Å². The van der Waals surface area contributed by atoms with Crippen molar-refractivity contribution in [3.8, 4) is 11.5 Å². The highest BCUT2D eigenvalue weighted by molar-refractivity contribution is 5.99. The minimum absolute atomic E-state index is 0.300. The lowest BCUT2D eigenvalue weighted by molar-refractivity contribution is -0.134. The molecule has 1 aromatic heterocycles. The summed E-state index contributed by atoms with van der Waals surface area (Å²) in [5.74, 6) is -0.954. The predicted molar refractivity (Wildman–Crippen MR) is 177 cm³/mol. The Kier molecular flexibility index (Phi) is 17.0. The van der Waals surface area contributed by atoms with E-state index in [0.717, 1.165) is 52.9 Å². The zero-order chi connectivity index (χ0) is 32.2. The summed E-state index contributed by atoms with van der Waals surface area (Å²) >= 11 is 0. The second-order valence-electron chi connectivity index (χ2n) is 10.9. The maximum Gasteiger partial charge on any atom is 0.328 e. The smallest absolute Gasteiger partial charge is 0.328 e. The third kappa shape index (κ3) is 13.5. The monoisotopic (exact) mass is 607 g/mol. The molecular weight excluding hydrogens is 558 g/mol. The minimum atomic E-state index is -1.26. The zero-order valence-corrected chi connectivity index (χ0v) is 26.4. The number of benzene rings is 2. The van der Waals surface area contributed by atoms with E-state index in [-0.39, 0.29) is 0 Å². The fraction of sp³-hybridized carbons (Fsp3) is 0.457. The highest BCUT2D eigenvalue weighted by atomic mass is 16.5. The molecule has 1 unspecified atom stereocenters. The van der Waals surface area contributed by atoms with Crippen LogP contribution in [0.25, 0.3) is 10.9 Å². The number of methoxy groups -OCH3 is 1. The number of nitrogens with two attached hydrogens (primary N) is 1. The number of nitrogens with one attached hydrogen (secondary N) is 1. The Morgan fingerprint density at radius 2 is 1.59 bits per heavy atom. The largest absolute Gasteiger partial charge is 0.493 e. The lowest BCUT2D eigenvalue weighted by Gasteiger charge is -2.20. The number of pyridine rings is 1. The quantitative estimate of drug-likeness (QED) is 0.0824. The van der Waals surface area contributed by atoms with E-state index in [9.17, 15) is 9.59 Å². The van der Waals surface area contributed by atoms with Crippen LogP contribution in [0.2, 0.25) is 0 Å². The number of hydrogen-bond acceptors (Lipinski definition) is 7. The zero-order valence-electron chi connectivity index (χ0n) is 26.4. The highest BCUT2D eigenvalue weighted by Crippen LogP contribution is 2.41. The molecule has 9 nitrogen and oxygen atoms in total. The molecule has 0 radical (unpaired) electrons. The summed E-state index contributed by atoms with van der Waals surface area (Å²) in [6, 6.07) is 15.2. The fourth-order valence-corrected chi connectivity index (χ4v) is 4.88. The van der Waals surface area contributed by atoms with Gasteiger partial charge in [-0.1, -0.05) is 62.4 Å². The molecule has 3 aromatic rings. The molecule has 0 aliphatic heterocycles. The van der Waals surface area contributed by atoms with E-state index in [2.05, 4.69) is 49.5 Å². The number of hydrogen-bond donors (Lipinski definition) is 4. The maximum atomic E-state index is 9.55. The van der Waals surface area contributed by atoms with Crippen LogP contribution in [-0.4, -0.2) is 53.4 Å². The summed E-state index contributed by atoms with van der Waals surface area (Å²) in [7, 11) is 1.71. The van der Waals surface area contributed by atoms with E-state index in [0.29, 0.717) is 31.3 Å². The SMILES string of the molecule is COc1cc(NC(C)CCCN)c2nccc(C)c2c1OCCCCCCCCCc1ccccc1.O=C(O)/C=C/C(=O)O. The van der Waals surface area contributed by atoms with Gasteiger partial charge < -0.3 is 30.7 Å². The van der Waals surface area contributed by atoms with E-state index in [1.54, 1.807) is 7.11 Å². The summed E-state index contributed by atoms with van der Waals surface area (Å²) in [4.78, 5) is 23.8. The van der Waals surface area contributed by atoms with Gasteiger partial charge in [0.1, 0.15) is 0 Å². The van der Waals surface area contributed by atoms with Gasteiger partial charge in [0.15, 0.2) is 11.5 Å². The number of rotatable bonds is 19. The van der Waals surface area contributed by atoms with Crippen LogP contribution >= 0.6 is 0 Å². The van der Waals surface area contributed by atoms with Crippen molar-refractivity contribution in [2.45, 2.75) is 84.1 Å². The number of anilines is 1. The van der Waals surface area contributed by atoms with Crippen LogP contribution in [0.5, 0.6) is 11.5 Å². The molecule has 5 N–H and O–H groups in total. The summed E-state index contributed by atoms with van der Waals surface area (Å²) in [5, 5.41) is 20.3. The first kappa shape index (κ1) is 36.1. The molecule has 2 aromatic carbocycles. The van der Waals surface area contributed by atoms with Crippen LogP contribution in [0.15, 0.2) is 60.8 Å². The number of carbonyl (C=O) groups is 2. The average molecular weight is 608 g/mol. The normalized spacial score (nSPS) is 11.5. The molecule has 1 heterocycles. The summed E-state index contributed by atoms with van der Waals surface area (Å²) in [6.45, 7) is 5.68. The van der Waals surface area contributed by atoms with Crippen LogP contribution in [0.3, 0.4) is 0 Å². The van der Waals surface area contributed by atoms with Crippen molar-refractivity contribution in [3.63, 3.8) is 0 Å². The maximum absolute atomic E-state index is 9.55. The number of aliphatic carboxylic acids is 2. The molecule has 1 atom stereocenters. The van der Waals surface area contributed by atoms with Crippen molar-refractivity contribution in [1.29, 1.82) is 0 Å². The number of unbranched alkanes of at least 4 members (excludes halogenated alkanes) is 6. The van der Waals surface area contributed by atoms with Gasteiger partial charge in [0.25, 0.3) is 0 Å². The Hall–Kier alpha value is -4.11. The molecule has 0 aliphatic carbocycles. The fourth-order valence-electron chi connectivity index (χ4n) is 4.88. The first-order valence-corrected chi connectivity index (χ1v) is 15.5. The molecule has 0 saturated heterocycles. The highest BCUT2D eigenvalue weighted by Gasteiger charge is 2.18. The van der Waals surface area contributed by atoms with Crippen molar-refractivity contribution in [3.05, 3.63) is 71.9 Å². The third-order valence-corrected chi connectivity index (χ3v) is 7.17. The summed E-state index contributed by atoms with van der Waals surface area (Å²) in [5.41, 5.74) is 10.2. The van der Waals surface area contributed by atoms with E-state index in [1.165, 1.54) is 50.5 Å². The molecule has 0 fully saturated rings. The molecule has 3 rings (SSSR count). The van der Waals surface area contributed by atoms with Gasteiger partial charge in [0.2, 0.25) is 0 Å². The Bertz CT molecular complexity index is 1300. The first-order valence-electron chi connectivity index (χ1n) is 15.5. The Labute approximate surface area is 261 Å². The van der Waals surface area contributed by atoms with Crippen LogP contribution in [0.4, 0.5) is 5.69 Å². The number of fused-ring (bicyclic) bond motifs is 1. The third-order valence-electron chi connectivity index (χ3n) is 7.17. The molecule has 44 heavy (non-hydrogen) atoms. The van der Waals surface area contributed by atoms with Gasteiger partial charge in [0, 0.05) is 30.5 Å². The van der Waals surface area contributed by atoms with Gasteiger partial charge in [-0.3, -0.25) is 4.98 Å². The number of ether oxygens (including phenoxy) is 2. The second kappa shape index (κ2) is 20.7. The molecule has 9 heteroatoms. The predicted octanol–water partition coefficient (Wildman–Crippen LogP) is 7.16. The summed E-state index contributed by atoms with van der Waals surface area (Å²) < 4.78 is 12.1. The van der Waals surface area contributed by atoms with Crippen molar-refractivity contribution in [2.75, 3.05) is 25.6 Å². The molecule has 0 amide bonds. The second-order valence-corrected chi connectivity index (χ2v) is 10.9. The van der Waals surface area contributed by atoms with Crippen molar-refractivity contribution >= 4 is 28.5 Å². The number of aryl methyl sites for hydroxylation is 2. The molecule has 0 bridgehead atoms. The van der Waals surface area contributed by atoms with Crippen molar-refractivity contribution < 1.29 is 29.3 Å². The standard InChI is InChI=1S/C31H45N3O2.C4H4O4/c1-24-19-21-33-30-27(34-25(2)15-14-20-32)23-28(35-3)31(29(24)30)36-22-13-8-6-4-5-7-10-16-26-17-11-9-12-18-26;5-3(6)1-2-4(7)8/h9,11-12,17-19,21,23,25,34H,4-8,10,13-16,20,22,32H2,1-3H3;1-2H,(H,5,6)(H,7,8)/b;2-1+. The van der Waals surface area contributed by atoms with Gasteiger partial charge in [-0.2, -0.15) is 0 Å². The van der Waals surface area contributed by atoms with Gasteiger partial charge in [-0.25, -0.2) is 9.59 Å². The molecule has 0 aliphatic rings. The van der Waals surface area contributed by atoms with Crippen LogP contribution in [0.1, 0.15) is 75.8 Å². The molecule has 0 saturated carbocycles. The number of carboxylic acids is 2. The van der Waals surface area contributed by atoms with Gasteiger partial charge in [-0.15, -0.1) is 0 Å². The lowest BCUT2D eigenvalue weighted by atomic mass is 10.0. The average Bonchev–Trinajstić information content (AvgIpc) is 3.01. The minimum Gasteiger partial charge on any atom is -0.493 e. The van der Waals surface area contributed by atoms with Crippen LogP contribution < -0.4 is 20.5 Å². The summed E-state index contributed by atoms with van der Waals surface area (Å²) in [6.07, 6.45) is 14.9. The Morgan fingerprint density at radius 1 is 0.955 bits per heavy atom. The molecule has 240 valence electrons. The van der Waals surface area contributed by atoms with Gasteiger partial charge in [-0.05, 0) is 69.7 Å². The number of nitrogens with zero attached hydrogens (tertiary/aromatic N) is 1. The Morgan fingerprint density at radius 3 is 2.20 bits per heavy atom. The molecule has 0 spiro atoms. The lowest BCUT2D eigenvalue weighted by Crippen LogP contribution is -2.17. The van der Waals surface area contributed by atoms with Crippen LogP contribution in [0, 0.1) is 6.92 Å². The van der Waals surface area contributed by atoms with E-state index in [1.807, 2.05) is 18.3 Å². The van der Waals surface area contributed by atoms with Gasteiger partial charge in [0.05, 0.1) is 30.3 Å². The van der Waals surface area contributed by atoms with Crippen molar-refractivity contribution in [1.82, 2.24) is 4.98 Å². The number of carboxylic acid groups (broad SMARTS) is 2.